The average Bonchev–Trinajstić information content (AvgIpc) is 2.32. The third kappa shape index (κ3) is 2.88. The second-order valence-electron chi connectivity index (χ2n) is 4.11. The fourth-order valence-corrected chi connectivity index (χ4v) is 1.78. The molecule has 0 aliphatic carbocycles. The maximum absolute atomic E-state index is 13.5. The van der Waals surface area contributed by atoms with Gasteiger partial charge in [0.25, 0.3) is 0 Å². The van der Waals surface area contributed by atoms with E-state index in [1.54, 1.807) is 12.1 Å². The van der Waals surface area contributed by atoms with Gasteiger partial charge in [-0.3, -0.25) is 4.98 Å². The Balaban J connectivity index is 2.17. The van der Waals surface area contributed by atoms with Gasteiger partial charge in [-0.2, -0.15) is 0 Å². The molecule has 2 nitrogen and oxygen atoms in total. The normalized spacial score (nSPS) is 12.4. The summed E-state index contributed by atoms with van der Waals surface area (Å²) >= 11 is 0. The highest BCUT2D eigenvalue weighted by Crippen LogP contribution is 2.16. The number of pyridine rings is 1. The zero-order valence-corrected chi connectivity index (χ0v) is 9.73. The lowest BCUT2D eigenvalue weighted by atomic mass is 10.0. The number of rotatable bonds is 3. The van der Waals surface area contributed by atoms with Gasteiger partial charge in [0.05, 0.1) is 11.7 Å². The molecule has 0 aliphatic heterocycles. The summed E-state index contributed by atoms with van der Waals surface area (Å²) in [5.74, 6) is -0.212. The lowest BCUT2D eigenvalue weighted by Gasteiger charge is -2.12. The van der Waals surface area contributed by atoms with Gasteiger partial charge in [0.2, 0.25) is 0 Å². The molecule has 2 aromatic rings. The molecule has 2 N–H and O–H groups in total. The third-order valence-electron chi connectivity index (χ3n) is 2.69. The van der Waals surface area contributed by atoms with E-state index in [-0.39, 0.29) is 11.9 Å². The average molecular weight is 230 g/mol. The number of benzene rings is 1. The predicted molar refractivity (Wildman–Crippen MR) is 66.0 cm³/mol. The van der Waals surface area contributed by atoms with Crippen molar-refractivity contribution in [2.75, 3.05) is 0 Å². The van der Waals surface area contributed by atoms with Gasteiger partial charge < -0.3 is 5.73 Å². The van der Waals surface area contributed by atoms with Crippen molar-refractivity contribution in [2.45, 2.75) is 19.4 Å². The lowest BCUT2D eigenvalue weighted by molar-refractivity contribution is 0.589. The summed E-state index contributed by atoms with van der Waals surface area (Å²) < 4.78 is 13.5. The van der Waals surface area contributed by atoms with Crippen molar-refractivity contribution >= 4 is 0 Å². The maximum Gasteiger partial charge on any atom is 0.126 e. The van der Waals surface area contributed by atoms with Crippen LogP contribution in [-0.4, -0.2) is 4.98 Å². The number of aryl methyl sites for hydroxylation is 1. The van der Waals surface area contributed by atoms with Gasteiger partial charge in [0.1, 0.15) is 5.82 Å². The van der Waals surface area contributed by atoms with Crippen molar-refractivity contribution in [2.24, 2.45) is 5.73 Å². The van der Waals surface area contributed by atoms with E-state index in [2.05, 4.69) is 4.98 Å². The van der Waals surface area contributed by atoms with E-state index in [9.17, 15) is 4.39 Å². The molecule has 0 saturated heterocycles. The second kappa shape index (κ2) is 5.06. The molecular formula is C14H15FN2. The number of nitrogens with zero attached hydrogens (tertiary/aromatic N) is 1. The summed E-state index contributed by atoms with van der Waals surface area (Å²) in [7, 11) is 0. The van der Waals surface area contributed by atoms with Crippen LogP contribution in [0.25, 0.3) is 0 Å². The van der Waals surface area contributed by atoms with Crippen molar-refractivity contribution < 1.29 is 4.39 Å². The first-order valence-corrected chi connectivity index (χ1v) is 5.59. The minimum Gasteiger partial charge on any atom is -0.322 e. The summed E-state index contributed by atoms with van der Waals surface area (Å²) in [6.07, 6.45) is 0.461. The van der Waals surface area contributed by atoms with Crippen molar-refractivity contribution in [3.63, 3.8) is 0 Å². The molecule has 1 unspecified atom stereocenters. The molecule has 0 fully saturated rings. The van der Waals surface area contributed by atoms with Crippen LogP contribution >= 0.6 is 0 Å². The van der Waals surface area contributed by atoms with E-state index in [0.717, 1.165) is 11.4 Å². The van der Waals surface area contributed by atoms with E-state index >= 15 is 0 Å². The van der Waals surface area contributed by atoms with Gasteiger partial charge in [-0.05, 0) is 37.1 Å². The Morgan fingerprint density at radius 2 is 1.94 bits per heavy atom. The Bertz CT molecular complexity index is 511. The Hall–Kier alpha value is -1.74. The predicted octanol–water partition coefficient (Wildman–Crippen LogP) is 2.77. The zero-order chi connectivity index (χ0) is 12.3. The number of aromatic nitrogens is 1. The summed E-state index contributed by atoms with van der Waals surface area (Å²) in [4.78, 5) is 4.35. The minimum atomic E-state index is -0.271. The Morgan fingerprint density at radius 1 is 1.18 bits per heavy atom. The van der Waals surface area contributed by atoms with Crippen LogP contribution in [0.15, 0.2) is 42.5 Å². The summed E-state index contributed by atoms with van der Waals surface area (Å²) in [6, 6.07) is 12.1. The number of hydrogen-bond donors (Lipinski definition) is 1. The molecule has 1 atom stereocenters. The first-order chi connectivity index (χ1) is 8.16. The largest absolute Gasteiger partial charge is 0.322 e. The Morgan fingerprint density at radius 3 is 2.65 bits per heavy atom. The first-order valence-electron chi connectivity index (χ1n) is 5.59. The molecule has 1 heterocycles. The van der Waals surface area contributed by atoms with Gasteiger partial charge in [-0.15, -0.1) is 0 Å². The lowest BCUT2D eigenvalue weighted by Crippen LogP contribution is -2.15. The minimum absolute atomic E-state index is 0.212. The highest BCUT2D eigenvalue weighted by molar-refractivity contribution is 5.21. The molecule has 17 heavy (non-hydrogen) atoms. The van der Waals surface area contributed by atoms with Crippen LogP contribution in [-0.2, 0) is 6.42 Å². The molecule has 2 rings (SSSR count). The molecule has 0 amide bonds. The van der Waals surface area contributed by atoms with E-state index in [1.165, 1.54) is 6.07 Å². The van der Waals surface area contributed by atoms with Crippen LogP contribution in [0.3, 0.4) is 0 Å². The standard InChI is InChI=1S/C14H15FN2/c1-10-5-4-8-14(17-10)13(16)9-11-6-2-3-7-12(11)15/h2-8,13H,9,16H2,1H3. The number of halogens is 1. The fraction of sp³-hybridized carbons (Fsp3) is 0.214. The molecule has 0 aliphatic rings. The molecule has 1 aromatic carbocycles. The van der Waals surface area contributed by atoms with Crippen molar-refractivity contribution in [1.29, 1.82) is 0 Å². The molecule has 88 valence electrons. The molecular weight excluding hydrogens is 215 g/mol. The van der Waals surface area contributed by atoms with Crippen LogP contribution in [0, 0.1) is 12.7 Å². The van der Waals surface area contributed by atoms with Crippen molar-refractivity contribution in [3.05, 3.63) is 65.2 Å². The first kappa shape index (κ1) is 11.7. The highest BCUT2D eigenvalue weighted by Gasteiger charge is 2.11. The summed E-state index contributed by atoms with van der Waals surface area (Å²) in [5.41, 5.74) is 8.39. The van der Waals surface area contributed by atoms with Gasteiger partial charge in [0, 0.05) is 5.69 Å². The van der Waals surface area contributed by atoms with E-state index in [4.69, 9.17) is 5.73 Å². The van der Waals surface area contributed by atoms with E-state index < -0.39 is 0 Å². The third-order valence-corrected chi connectivity index (χ3v) is 2.69. The molecule has 3 heteroatoms. The summed E-state index contributed by atoms with van der Waals surface area (Å²) in [6.45, 7) is 1.92. The van der Waals surface area contributed by atoms with Crippen LogP contribution in [0.5, 0.6) is 0 Å². The van der Waals surface area contributed by atoms with Gasteiger partial charge in [-0.25, -0.2) is 4.39 Å². The van der Waals surface area contributed by atoms with Gasteiger partial charge >= 0.3 is 0 Å². The number of nitrogens with two attached hydrogens (primary N) is 1. The molecule has 0 radical (unpaired) electrons. The highest BCUT2D eigenvalue weighted by atomic mass is 19.1. The topological polar surface area (TPSA) is 38.9 Å². The molecule has 0 spiro atoms. The SMILES string of the molecule is Cc1cccc(C(N)Cc2ccccc2F)n1. The Kier molecular flexibility index (Phi) is 3.49. The van der Waals surface area contributed by atoms with Crippen LogP contribution in [0.2, 0.25) is 0 Å². The molecule has 0 saturated carbocycles. The van der Waals surface area contributed by atoms with E-state index in [1.807, 2.05) is 31.2 Å². The van der Waals surface area contributed by atoms with Crippen molar-refractivity contribution in [3.8, 4) is 0 Å². The van der Waals surface area contributed by atoms with Crippen LogP contribution in [0.1, 0.15) is 23.0 Å². The molecule has 1 aromatic heterocycles. The maximum atomic E-state index is 13.5. The van der Waals surface area contributed by atoms with Crippen LogP contribution in [0.4, 0.5) is 4.39 Å². The van der Waals surface area contributed by atoms with Gasteiger partial charge in [0.15, 0.2) is 0 Å². The fourth-order valence-electron chi connectivity index (χ4n) is 1.78. The Labute approximate surface area is 100 Å². The van der Waals surface area contributed by atoms with Gasteiger partial charge in [-0.1, -0.05) is 24.3 Å². The van der Waals surface area contributed by atoms with E-state index in [0.29, 0.717) is 12.0 Å². The zero-order valence-electron chi connectivity index (χ0n) is 9.73. The van der Waals surface area contributed by atoms with Crippen LogP contribution < -0.4 is 5.73 Å². The van der Waals surface area contributed by atoms with Crippen molar-refractivity contribution in [1.82, 2.24) is 4.98 Å². The summed E-state index contributed by atoms with van der Waals surface area (Å²) in [5, 5.41) is 0. The smallest absolute Gasteiger partial charge is 0.126 e. The number of hydrogen-bond acceptors (Lipinski definition) is 2. The quantitative estimate of drug-likeness (QED) is 0.880. The second-order valence-corrected chi connectivity index (χ2v) is 4.11. The monoisotopic (exact) mass is 230 g/mol. The molecule has 0 bridgehead atoms.